The molecule has 0 saturated carbocycles. The number of carbonyl (C=O) groups is 3. The maximum Gasteiger partial charge on any atom is 0.242 e. The fourth-order valence-corrected chi connectivity index (χ4v) is 4.16. The van der Waals surface area contributed by atoms with Gasteiger partial charge in [0, 0.05) is 26.6 Å². The molecule has 1 fully saturated rings. The van der Waals surface area contributed by atoms with Gasteiger partial charge in [-0.2, -0.15) is 0 Å². The molecule has 3 amide bonds. The van der Waals surface area contributed by atoms with E-state index in [1.165, 1.54) is 24.1 Å². The summed E-state index contributed by atoms with van der Waals surface area (Å²) >= 11 is 0. The van der Waals surface area contributed by atoms with Crippen molar-refractivity contribution >= 4 is 27.7 Å². The van der Waals surface area contributed by atoms with Crippen molar-refractivity contribution in [2.24, 2.45) is 0 Å². The minimum absolute atomic E-state index is 0.0656. The first-order valence-electron chi connectivity index (χ1n) is 9.78. The van der Waals surface area contributed by atoms with E-state index in [2.05, 4.69) is 15.4 Å². The van der Waals surface area contributed by atoms with E-state index in [1.807, 2.05) is 6.92 Å². The van der Waals surface area contributed by atoms with Gasteiger partial charge >= 0.3 is 0 Å². The number of likely N-dealkylation sites (N-methyl/N-ethyl adjacent to an activating group) is 1. The lowest BCUT2D eigenvalue weighted by atomic mass is 10.2. The van der Waals surface area contributed by atoms with Gasteiger partial charge in [-0.05, 0) is 44.0 Å². The van der Waals surface area contributed by atoms with E-state index < -0.39 is 22.0 Å². The Morgan fingerprint density at radius 1 is 1.20 bits per heavy atom. The number of hydrogen-bond acceptors (Lipinski definition) is 6. The SMILES string of the molecule is CCOc1ccc(S(=O)(=O)NCCC(=O)NCC(=O)N2CCCC2C(=O)NC)cc1. The summed E-state index contributed by atoms with van der Waals surface area (Å²) in [5.74, 6) is -0.467. The Labute approximate surface area is 176 Å². The van der Waals surface area contributed by atoms with Gasteiger partial charge in [-0.1, -0.05) is 0 Å². The van der Waals surface area contributed by atoms with Crippen LogP contribution >= 0.6 is 0 Å². The zero-order chi connectivity index (χ0) is 22.1. The van der Waals surface area contributed by atoms with Crippen molar-refractivity contribution in [1.82, 2.24) is 20.3 Å². The molecule has 1 atom stereocenters. The molecule has 0 spiro atoms. The zero-order valence-electron chi connectivity index (χ0n) is 17.1. The molecule has 166 valence electrons. The molecular formula is C19H28N4O6S. The molecule has 3 N–H and O–H groups in total. The summed E-state index contributed by atoms with van der Waals surface area (Å²) in [5.41, 5.74) is 0. The highest BCUT2D eigenvalue weighted by Gasteiger charge is 2.33. The van der Waals surface area contributed by atoms with Gasteiger partial charge in [0.05, 0.1) is 18.0 Å². The molecule has 0 aromatic heterocycles. The Hall–Kier alpha value is -2.66. The van der Waals surface area contributed by atoms with Crippen molar-refractivity contribution in [2.45, 2.75) is 37.1 Å². The van der Waals surface area contributed by atoms with Crippen LogP contribution in [0.25, 0.3) is 0 Å². The third kappa shape index (κ3) is 6.42. The van der Waals surface area contributed by atoms with Crippen LogP contribution in [0.4, 0.5) is 0 Å². The molecule has 1 aliphatic rings. The zero-order valence-corrected chi connectivity index (χ0v) is 18.0. The molecule has 30 heavy (non-hydrogen) atoms. The normalized spacial score (nSPS) is 16.2. The van der Waals surface area contributed by atoms with Gasteiger partial charge in [-0.15, -0.1) is 0 Å². The van der Waals surface area contributed by atoms with Crippen LogP contribution in [0, 0.1) is 0 Å². The molecule has 1 saturated heterocycles. The monoisotopic (exact) mass is 440 g/mol. The van der Waals surface area contributed by atoms with Gasteiger partial charge in [0.1, 0.15) is 11.8 Å². The van der Waals surface area contributed by atoms with Crippen LogP contribution in [0.3, 0.4) is 0 Å². The molecule has 10 nitrogen and oxygen atoms in total. The Kier molecular flexibility index (Phi) is 8.60. The molecule has 1 heterocycles. The molecule has 0 aliphatic carbocycles. The van der Waals surface area contributed by atoms with E-state index in [0.29, 0.717) is 25.3 Å². The molecule has 0 bridgehead atoms. The number of nitrogens with zero attached hydrogens (tertiary/aromatic N) is 1. The first-order valence-corrected chi connectivity index (χ1v) is 11.3. The first-order chi connectivity index (χ1) is 14.3. The number of carbonyl (C=O) groups excluding carboxylic acids is 3. The second-order valence-electron chi connectivity index (χ2n) is 6.69. The van der Waals surface area contributed by atoms with Crippen LogP contribution in [0.2, 0.25) is 0 Å². The van der Waals surface area contributed by atoms with Crippen molar-refractivity contribution in [1.29, 1.82) is 0 Å². The standard InChI is InChI=1S/C19H28N4O6S/c1-3-29-14-6-8-15(9-7-14)30(27,28)22-11-10-17(24)21-13-18(25)23-12-4-5-16(23)19(26)20-2/h6-9,16,22H,3-5,10-13H2,1-2H3,(H,20,26)(H,21,24). The van der Waals surface area contributed by atoms with E-state index in [4.69, 9.17) is 4.74 Å². The van der Waals surface area contributed by atoms with Crippen LogP contribution in [-0.2, 0) is 24.4 Å². The quantitative estimate of drug-likeness (QED) is 0.454. The van der Waals surface area contributed by atoms with Crippen LogP contribution < -0.4 is 20.1 Å². The lowest BCUT2D eigenvalue weighted by Crippen LogP contribution is -2.48. The van der Waals surface area contributed by atoms with Crippen LogP contribution in [0.1, 0.15) is 26.2 Å². The minimum atomic E-state index is -3.76. The van der Waals surface area contributed by atoms with E-state index in [0.717, 1.165) is 6.42 Å². The van der Waals surface area contributed by atoms with Crippen molar-refractivity contribution in [3.63, 3.8) is 0 Å². The van der Waals surface area contributed by atoms with Crippen LogP contribution in [-0.4, -0.2) is 70.4 Å². The Morgan fingerprint density at radius 2 is 1.90 bits per heavy atom. The fraction of sp³-hybridized carbons (Fsp3) is 0.526. The Morgan fingerprint density at radius 3 is 2.53 bits per heavy atom. The smallest absolute Gasteiger partial charge is 0.242 e. The Bertz CT molecular complexity index is 856. The largest absolute Gasteiger partial charge is 0.494 e. The highest BCUT2D eigenvalue weighted by Crippen LogP contribution is 2.17. The third-order valence-corrected chi connectivity index (χ3v) is 6.13. The molecule has 1 aromatic rings. The van der Waals surface area contributed by atoms with Crippen molar-refractivity contribution in [2.75, 3.05) is 33.3 Å². The maximum atomic E-state index is 12.3. The number of hydrogen-bond donors (Lipinski definition) is 3. The highest BCUT2D eigenvalue weighted by atomic mass is 32.2. The van der Waals surface area contributed by atoms with Gasteiger partial charge < -0.3 is 20.3 Å². The molecule has 1 aliphatic heterocycles. The highest BCUT2D eigenvalue weighted by molar-refractivity contribution is 7.89. The van der Waals surface area contributed by atoms with Gasteiger partial charge in [0.15, 0.2) is 0 Å². The lowest BCUT2D eigenvalue weighted by molar-refractivity contribution is -0.138. The average molecular weight is 441 g/mol. The second kappa shape index (κ2) is 10.9. The lowest BCUT2D eigenvalue weighted by Gasteiger charge is -2.23. The maximum absolute atomic E-state index is 12.3. The number of likely N-dealkylation sites (tertiary alicyclic amines) is 1. The summed E-state index contributed by atoms with van der Waals surface area (Å²) in [6, 6.07) is 5.44. The van der Waals surface area contributed by atoms with Gasteiger partial charge in [-0.3, -0.25) is 14.4 Å². The van der Waals surface area contributed by atoms with Crippen molar-refractivity contribution in [3.05, 3.63) is 24.3 Å². The van der Waals surface area contributed by atoms with Gasteiger partial charge in [-0.25, -0.2) is 13.1 Å². The number of sulfonamides is 1. The molecule has 2 rings (SSSR count). The molecular weight excluding hydrogens is 412 g/mol. The van der Waals surface area contributed by atoms with Gasteiger partial charge in [0.25, 0.3) is 0 Å². The molecule has 1 unspecified atom stereocenters. The van der Waals surface area contributed by atoms with E-state index >= 15 is 0 Å². The summed E-state index contributed by atoms with van der Waals surface area (Å²) < 4.78 is 32.2. The molecule has 0 radical (unpaired) electrons. The number of benzene rings is 1. The molecule has 11 heteroatoms. The Balaban J connectivity index is 1.76. The number of ether oxygens (including phenoxy) is 1. The summed E-state index contributed by atoms with van der Waals surface area (Å²) in [5, 5.41) is 5.00. The predicted molar refractivity (Wildman–Crippen MR) is 109 cm³/mol. The summed E-state index contributed by atoms with van der Waals surface area (Å²) in [6.07, 6.45) is 1.19. The first kappa shape index (κ1) is 23.6. The number of nitrogens with one attached hydrogen (secondary N) is 3. The minimum Gasteiger partial charge on any atom is -0.494 e. The topological polar surface area (TPSA) is 134 Å². The molecule has 1 aromatic carbocycles. The van der Waals surface area contributed by atoms with E-state index in [9.17, 15) is 22.8 Å². The van der Waals surface area contributed by atoms with Crippen LogP contribution in [0.5, 0.6) is 5.75 Å². The fourth-order valence-electron chi connectivity index (χ4n) is 3.13. The number of amides is 3. The van der Waals surface area contributed by atoms with Crippen molar-refractivity contribution in [3.8, 4) is 5.75 Å². The predicted octanol–water partition coefficient (Wildman–Crippen LogP) is -0.393. The van der Waals surface area contributed by atoms with Gasteiger partial charge in [0.2, 0.25) is 27.7 Å². The number of rotatable bonds is 10. The summed E-state index contributed by atoms with van der Waals surface area (Å²) in [4.78, 5) is 37.6. The average Bonchev–Trinajstić information content (AvgIpc) is 3.22. The van der Waals surface area contributed by atoms with E-state index in [1.54, 1.807) is 12.1 Å². The van der Waals surface area contributed by atoms with Crippen LogP contribution in [0.15, 0.2) is 29.2 Å². The van der Waals surface area contributed by atoms with E-state index in [-0.39, 0.29) is 36.2 Å². The third-order valence-electron chi connectivity index (χ3n) is 4.65. The summed E-state index contributed by atoms with van der Waals surface area (Å²) in [6.45, 7) is 2.43. The van der Waals surface area contributed by atoms with Crippen molar-refractivity contribution < 1.29 is 27.5 Å². The second-order valence-corrected chi connectivity index (χ2v) is 8.46. The summed E-state index contributed by atoms with van der Waals surface area (Å²) in [7, 11) is -2.24.